The number of carboxylic acid groups (broad SMARTS) is 2. The third-order valence-electron chi connectivity index (χ3n) is 6.05. The quantitative estimate of drug-likeness (QED) is 0.0728. The van der Waals surface area contributed by atoms with Crippen LogP contribution in [0.2, 0.25) is 0 Å². The number of hydrogen-bond donors (Lipinski definition) is 11. The van der Waals surface area contributed by atoms with Crippen LogP contribution in [0, 0.1) is 0 Å². The molecule has 0 unspecified atom stereocenters. The molecule has 0 radical (unpaired) electrons. The first-order valence-corrected chi connectivity index (χ1v) is 13.3. The fourth-order valence-electron chi connectivity index (χ4n) is 3.72. The minimum Gasteiger partial charge on any atom is -0.481 e. The van der Waals surface area contributed by atoms with Crippen molar-refractivity contribution >= 4 is 41.5 Å². The zero-order valence-corrected chi connectivity index (χ0v) is 23.9. The second-order valence-corrected chi connectivity index (χ2v) is 9.71. The third kappa shape index (κ3) is 12.3. The van der Waals surface area contributed by atoms with Crippen LogP contribution in [0.1, 0.15) is 25.8 Å². The first-order valence-electron chi connectivity index (χ1n) is 13.3. The summed E-state index contributed by atoms with van der Waals surface area (Å²) < 4.78 is 0. The monoisotopic (exact) mass is 626 g/mol. The topological polar surface area (TPSA) is 307 Å². The zero-order chi connectivity index (χ0) is 33.6. The molecule has 0 saturated heterocycles. The van der Waals surface area contributed by atoms with E-state index in [1.54, 1.807) is 30.3 Å². The van der Waals surface area contributed by atoms with Crippen LogP contribution in [0.4, 0.5) is 0 Å². The maximum Gasteiger partial charge on any atom is 0.326 e. The van der Waals surface area contributed by atoms with Crippen LogP contribution >= 0.6 is 0 Å². The Labute approximate surface area is 251 Å². The Hall–Kier alpha value is -4.65. The lowest BCUT2D eigenvalue weighted by molar-refractivity contribution is -0.147. The van der Waals surface area contributed by atoms with E-state index in [-0.39, 0.29) is 6.42 Å². The van der Waals surface area contributed by atoms with E-state index in [9.17, 15) is 48.9 Å². The number of carboxylic acids is 2. The van der Waals surface area contributed by atoms with E-state index in [4.69, 9.17) is 15.9 Å². The molecule has 0 heterocycles. The van der Waals surface area contributed by atoms with E-state index in [0.29, 0.717) is 5.56 Å². The summed E-state index contributed by atoms with van der Waals surface area (Å²) in [5.41, 5.74) is 5.81. The molecule has 0 aliphatic heterocycles. The van der Waals surface area contributed by atoms with Crippen LogP contribution in [0.5, 0.6) is 0 Å². The van der Waals surface area contributed by atoms with Crippen molar-refractivity contribution in [2.45, 2.75) is 69.1 Å². The van der Waals surface area contributed by atoms with E-state index >= 15 is 0 Å². The van der Waals surface area contributed by atoms with E-state index in [1.807, 2.05) is 10.6 Å². The van der Waals surface area contributed by atoms with E-state index in [0.717, 1.165) is 6.92 Å². The summed E-state index contributed by atoms with van der Waals surface area (Å²) in [6.45, 7) is 0.774. The van der Waals surface area contributed by atoms with Gasteiger partial charge in [-0.25, -0.2) is 4.79 Å². The highest BCUT2D eigenvalue weighted by molar-refractivity contribution is 5.96. The molecule has 18 nitrogen and oxygen atoms in total. The highest BCUT2D eigenvalue weighted by Gasteiger charge is 2.35. The van der Waals surface area contributed by atoms with Gasteiger partial charge in [-0.05, 0) is 19.4 Å². The molecule has 1 aromatic carbocycles. The van der Waals surface area contributed by atoms with Crippen molar-refractivity contribution in [2.75, 3.05) is 13.2 Å². The van der Waals surface area contributed by atoms with Gasteiger partial charge in [0.05, 0.1) is 31.8 Å². The van der Waals surface area contributed by atoms with E-state index < -0.39 is 103 Å². The molecule has 0 fully saturated rings. The van der Waals surface area contributed by atoms with Crippen LogP contribution in [-0.2, 0) is 40.0 Å². The number of aliphatic hydroxyl groups excluding tert-OH is 3. The summed E-state index contributed by atoms with van der Waals surface area (Å²) in [5.74, 6) is -8.43. The van der Waals surface area contributed by atoms with Crippen LogP contribution in [-0.4, -0.2) is 123 Å². The number of carbonyl (C=O) groups is 7. The number of rotatable bonds is 18. The van der Waals surface area contributed by atoms with Gasteiger partial charge in [-0.15, -0.1) is 0 Å². The van der Waals surface area contributed by atoms with Crippen LogP contribution in [0.3, 0.4) is 0 Å². The number of nitrogens with one attached hydrogen (secondary N) is 5. The SMILES string of the molecule is C[C@@H](O)[C@H](NC(=O)CN)C(=O)N[C@@H](Cc1ccccc1)C(=O)N[C@H](C(=O)N[C@@H](CO)C(=O)N[C@@H](CC(=O)O)C(=O)O)[C@@H](C)O. The van der Waals surface area contributed by atoms with Gasteiger partial charge in [-0.2, -0.15) is 0 Å². The Balaban J connectivity index is 3.18. The Morgan fingerprint density at radius 1 is 0.705 bits per heavy atom. The van der Waals surface area contributed by atoms with Gasteiger partial charge in [-0.1, -0.05) is 30.3 Å². The molecule has 244 valence electrons. The Bertz CT molecular complexity index is 1180. The van der Waals surface area contributed by atoms with Gasteiger partial charge < -0.3 is 57.9 Å². The molecule has 0 aliphatic rings. The Morgan fingerprint density at radius 2 is 1.18 bits per heavy atom. The number of benzene rings is 1. The standard InChI is InChI=1S/C26H38N6O12/c1-12(34)20(31-18(36)10-27)24(41)28-15(8-14-6-4-3-5-7-14)22(39)32-21(13(2)35)25(42)30-17(11-33)23(40)29-16(26(43)44)9-19(37)38/h3-7,12-13,15-17,20-21,33-35H,8-11,27H2,1-2H3,(H,28,41)(H,29,40)(H,30,42)(H,31,36)(H,32,39)(H,37,38)(H,43,44)/t12-,13-,15+,16+,17+,20+,21+/m1/s1. The molecule has 0 bridgehead atoms. The van der Waals surface area contributed by atoms with Crippen LogP contribution in [0.15, 0.2) is 30.3 Å². The average Bonchev–Trinajstić information content (AvgIpc) is 2.95. The summed E-state index contributed by atoms with van der Waals surface area (Å²) in [6.07, 6.45) is -4.16. The van der Waals surface area contributed by atoms with E-state index in [2.05, 4.69) is 16.0 Å². The summed E-state index contributed by atoms with van der Waals surface area (Å²) in [6, 6.07) is -0.141. The van der Waals surface area contributed by atoms with Crippen molar-refractivity contribution in [2.24, 2.45) is 5.73 Å². The number of carbonyl (C=O) groups excluding carboxylic acids is 5. The number of nitrogens with two attached hydrogens (primary N) is 1. The van der Waals surface area contributed by atoms with Crippen molar-refractivity contribution in [3.05, 3.63) is 35.9 Å². The molecule has 1 aromatic rings. The van der Waals surface area contributed by atoms with Crippen molar-refractivity contribution < 1.29 is 59.1 Å². The molecule has 0 aliphatic carbocycles. The lowest BCUT2D eigenvalue weighted by atomic mass is 10.0. The molecule has 7 atom stereocenters. The molecule has 44 heavy (non-hydrogen) atoms. The number of amides is 5. The molecular formula is C26H38N6O12. The van der Waals surface area contributed by atoms with Gasteiger partial charge in [0.2, 0.25) is 29.5 Å². The van der Waals surface area contributed by atoms with Gasteiger partial charge in [0.1, 0.15) is 30.2 Å². The van der Waals surface area contributed by atoms with Crippen molar-refractivity contribution in [1.82, 2.24) is 26.6 Å². The largest absolute Gasteiger partial charge is 0.481 e. The molecule has 18 heteroatoms. The molecule has 0 spiro atoms. The maximum absolute atomic E-state index is 13.3. The summed E-state index contributed by atoms with van der Waals surface area (Å²) in [7, 11) is 0. The lowest BCUT2D eigenvalue weighted by Crippen LogP contribution is -2.62. The summed E-state index contributed by atoms with van der Waals surface area (Å²) in [5, 5.41) is 58.6. The van der Waals surface area contributed by atoms with Gasteiger partial charge >= 0.3 is 11.9 Å². The van der Waals surface area contributed by atoms with Crippen molar-refractivity contribution in [3.8, 4) is 0 Å². The average molecular weight is 627 g/mol. The first-order chi connectivity index (χ1) is 20.6. The molecule has 12 N–H and O–H groups in total. The van der Waals surface area contributed by atoms with Gasteiger partial charge in [0, 0.05) is 6.42 Å². The van der Waals surface area contributed by atoms with Crippen molar-refractivity contribution in [1.29, 1.82) is 0 Å². The lowest BCUT2D eigenvalue weighted by Gasteiger charge is -2.28. The van der Waals surface area contributed by atoms with Crippen LogP contribution < -0.4 is 32.3 Å². The van der Waals surface area contributed by atoms with E-state index in [1.165, 1.54) is 6.92 Å². The second kappa shape index (κ2) is 18.1. The van der Waals surface area contributed by atoms with Crippen LogP contribution in [0.25, 0.3) is 0 Å². The molecule has 1 rings (SSSR count). The Kier molecular flexibility index (Phi) is 15.4. The second-order valence-electron chi connectivity index (χ2n) is 9.71. The normalized spacial score (nSPS) is 15.6. The van der Waals surface area contributed by atoms with Gasteiger partial charge in [0.15, 0.2) is 0 Å². The summed E-state index contributed by atoms with van der Waals surface area (Å²) in [4.78, 5) is 85.7. The number of hydrogen-bond acceptors (Lipinski definition) is 11. The fourth-order valence-corrected chi connectivity index (χ4v) is 3.72. The number of aliphatic carboxylic acids is 2. The van der Waals surface area contributed by atoms with Crippen molar-refractivity contribution in [3.63, 3.8) is 0 Å². The highest BCUT2D eigenvalue weighted by atomic mass is 16.4. The van der Waals surface area contributed by atoms with Gasteiger partial charge in [0.25, 0.3) is 0 Å². The number of aliphatic hydroxyl groups is 3. The minimum atomic E-state index is -1.89. The predicted molar refractivity (Wildman–Crippen MR) is 149 cm³/mol. The van der Waals surface area contributed by atoms with Gasteiger partial charge in [-0.3, -0.25) is 28.8 Å². The molecule has 0 aromatic heterocycles. The molecule has 0 saturated carbocycles. The molecular weight excluding hydrogens is 588 g/mol. The third-order valence-corrected chi connectivity index (χ3v) is 6.05. The minimum absolute atomic E-state index is 0.147. The summed E-state index contributed by atoms with van der Waals surface area (Å²) >= 11 is 0. The zero-order valence-electron chi connectivity index (χ0n) is 23.9. The smallest absolute Gasteiger partial charge is 0.326 e. The first kappa shape index (κ1) is 37.4. The maximum atomic E-state index is 13.3. The highest BCUT2D eigenvalue weighted by Crippen LogP contribution is 2.07. The Morgan fingerprint density at radius 3 is 1.64 bits per heavy atom. The molecule has 5 amide bonds. The fraction of sp³-hybridized carbons (Fsp3) is 0.500. The predicted octanol–water partition coefficient (Wildman–Crippen LogP) is -5.07.